The molecule has 1 aliphatic carbocycles. The maximum atomic E-state index is 12.6. The summed E-state index contributed by atoms with van der Waals surface area (Å²) in [4.78, 5) is 27.3. The number of rotatable bonds is 3. The highest BCUT2D eigenvalue weighted by molar-refractivity contribution is 6.30. The van der Waals surface area contributed by atoms with E-state index in [4.69, 9.17) is 11.6 Å². The highest BCUT2D eigenvalue weighted by Crippen LogP contribution is 2.24. The molecular formula is C15H23ClN2O2. The van der Waals surface area contributed by atoms with Gasteiger partial charge in [-0.1, -0.05) is 57.0 Å². The Morgan fingerprint density at radius 2 is 1.75 bits per heavy atom. The Balaban J connectivity index is 2.41. The Morgan fingerprint density at radius 3 is 2.35 bits per heavy atom. The molecule has 5 heteroatoms. The van der Waals surface area contributed by atoms with Gasteiger partial charge in [-0.15, -0.1) is 0 Å². The van der Waals surface area contributed by atoms with Gasteiger partial charge >= 0.3 is 5.69 Å². The van der Waals surface area contributed by atoms with Crippen LogP contribution in [0.1, 0.15) is 69.9 Å². The van der Waals surface area contributed by atoms with Crippen molar-refractivity contribution in [3.63, 3.8) is 0 Å². The predicted octanol–water partition coefficient (Wildman–Crippen LogP) is 3.43. The van der Waals surface area contributed by atoms with Crippen LogP contribution in [0.5, 0.6) is 0 Å². The smallest absolute Gasteiger partial charge is 0.297 e. The maximum Gasteiger partial charge on any atom is 0.329 e. The van der Waals surface area contributed by atoms with E-state index in [9.17, 15) is 9.59 Å². The Morgan fingerprint density at radius 1 is 1.15 bits per heavy atom. The zero-order valence-electron chi connectivity index (χ0n) is 12.1. The van der Waals surface area contributed by atoms with Crippen molar-refractivity contribution in [2.45, 2.75) is 70.8 Å². The van der Waals surface area contributed by atoms with E-state index in [0.717, 1.165) is 32.1 Å². The van der Waals surface area contributed by atoms with E-state index in [2.05, 4.69) is 4.98 Å². The van der Waals surface area contributed by atoms with Crippen LogP contribution in [0, 0.1) is 0 Å². The molecule has 0 atom stereocenters. The minimum absolute atomic E-state index is 0.0272. The van der Waals surface area contributed by atoms with Crippen LogP contribution in [-0.4, -0.2) is 9.55 Å². The Labute approximate surface area is 124 Å². The second kappa shape index (κ2) is 7.11. The molecule has 0 unspecified atom stereocenters. The molecule has 2 rings (SSSR count). The lowest BCUT2D eigenvalue weighted by Crippen LogP contribution is -2.40. The predicted molar refractivity (Wildman–Crippen MR) is 81.7 cm³/mol. The summed E-state index contributed by atoms with van der Waals surface area (Å²) < 4.78 is 1.42. The molecule has 0 saturated heterocycles. The monoisotopic (exact) mass is 298 g/mol. The highest BCUT2D eigenvalue weighted by atomic mass is 35.5. The molecule has 1 N–H and O–H groups in total. The molecule has 0 aliphatic heterocycles. The van der Waals surface area contributed by atoms with Crippen molar-refractivity contribution in [3.8, 4) is 0 Å². The second-order valence-electron chi connectivity index (χ2n) is 5.65. The number of nitrogens with one attached hydrogen (secondary N) is 1. The van der Waals surface area contributed by atoms with Gasteiger partial charge in [0.2, 0.25) is 0 Å². The van der Waals surface area contributed by atoms with Gasteiger partial charge in [-0.05, 0) is 19.3 Å². The molecule has 1 aromatic heterocycles. The van der Waals surface area contributed by atoms with E-state index in [1.165, 1.54) is 23.8 Å². The van der Waals surface area contributed by atoms with Gasteiger partial charge in [0, 0.05) is 6.04 Å². The second-order valence-corrected chi connectivity index (χ2v) is 6.02. The van der Waals surface area contributed by atoms with Crippen LogP contribution in [0.3, 0.4) is 0 Å². The van der Waals surface area contributed by atoms with Crippen LogP contribution in [-0.2, 0) is 6.42 Å². The number of hydrogen-bond donors (Lipinski definition) is 1. The van der Waals surface area contributed by atoms with E-state index < -0.39 is 0 Å². The molecule has 1 heterocycles. The first kappa shape index (κ1) is 15.4. The molecule has 0 spiro atoms. The highest BCUT2D eigenvalue weighted by Gasteiger charge is 2.20. The van der Waals surface area contributed by atoms with Crippen molar-refractivity contribution in [2.24, 2.45) is 0 Å². The SMILES string of the molecule is CCCc1c(Cl)[nH]c(=O)n(C2CCCCCCC2)c1=O. The molecule has 1 fully saturated rings. The lowest BCUT2D eigenvalue weighted by Gasteiger charge is -2.22. The van der Waals surface area contributed by atoms with Crippen LogP contribution in [0.4, 0.5) is 0 Å². The summed E-state index contributed by atoms with van der Waals surface area (Å²) in [5, 5.41) is 0.212. The van der Waals surface area contributed by atoms with Crippen LogP contribution in [0.25, 0.3) is 0 Å². The molecule has 0 amide bonds. The van der Waals surface area contributed by atoms with Gasteiger partial charge in [0.05, 0.1) is 5.56 Å². The largest absolute Gasteiger partial charge is 0.329 e. The van der Waals surface area contributed by atoms with Crippen molar-refractivity contribution in [3.05, 3.63) is 31.6 Å². The van der Waals surface area contributed by atoms with Crippen LogP contribution < -0.4 is 11.2 Å². The van der Waals surface area contributed by atoms with Crippen molar-refractivity contribution in [2.75, 3.05) is 0 Å². The normalized spacial score (nSPS) is 17.7. The van der Waals surface area contributed by atoms with Crippen LogP contribution in [0.15, 0.2) is 9.59 Å². The van der Waals surface area contributed by atoms with Gasteiger partial charge < -0.3 is 0 Å². The molecule has 112 valence electrons. The Hall–Kier alpha value is -1.03. The zero-order chi connectivity index (χ0) is 14.5. The summed E-state index contributed by atoms with van der Waals surface area (Å²) in [5.41, 5.74) is 0.00688. The first-order valence-corrected chi connectivity index (χ1v) is 8.06. The Bertz CT molecular complexity index is 554. The topological polar surface area (TPSA) is 54.9 Å². The van der Waals surface area contributed by atoms with Gasteiger partial charge in [-0.3, -0.25) is 14.3 Å². The van der Waals surface area contributed by atoms with E-state index in [1.54, 1.807) is 0 Å². The lowest BCUT2D eigenvalue weighted by molar-refractivity contribution is 0.353. The van der Waals surface area contributed by atoms with E-state index in [0.29, 0.717) is 12.0 Å². The van der Waals surface area contributed by atoms with Gasteiger partial charge in [0.15, 0.2) is 0 Å². The minimum atomic E-state index is -0.356. The minimum Gasteiger partial charge on any atom is -0.297 e. The molecule has 0 bridgehead atoms. The van der Waals surface area contributed by atoms with Gasteiger partial charge in [0.1, 0.15) is 5.15 Å². The van der Waals surface area contributed by atoms with Gasteiger partial charge in [0.25, 0.3) is 5.56 Å². The van der Waals surface area contributed by atoms with E-state index in [1.807, 2.05) is 6.92 Å². The number of aromatic nitrogens is 2. The van der Waals surface area contributed by atoms with E-state index in [-0.39, 0.29) is 22.4 Å². The van der Waals surface area contributed by atoms with Crippen molar-refractivity contribution in [1.29, 1.82) is 0 Å². The van der Waals surface area contributed by atoms with Gasteiger partial charge in [-0.25, -0.2) is 4.79 Å². The number of hydrogen-bond acceptors (Lipinski definition) is 2. The molecule has 1 saturated carbocycles. The lowest BCUT2D eigenvalue weighted by atomic mass is 9.96. The molecule has 0 radical (unpaired) electrons. The van der Waals surface area contributed by atoms with Crippen molar-refractivity contribution < 1.29 is 0 Å². The maximum absolute atomic E-state index is 12.6. The molecule has 4 nitrogen and oxygen atoms in total. The first-order chi connectivity index (χ1) is 9.65. The third-order valence-electron chi connectivity index (χ3n) is 4.12. The average molecular weight is 299 g/mol. The third kappa shape index (κ3) is 3.35. The quantitative estimate of drug-likeness (QED) is 0.869. The molecule has 20 heavy (non-hydrogen) atoms. The summed E-state index contributed by atoms with van der Waals surface area (Å²) in [6.07, 6.45) is 9.10. The summed E-state index contributed by atoms with van der Waals surface area (Å²) in [7, 11) is 0. The summed E-state index contributed by atoms with van der Waals surface area (Å²) in [6, 6.07) is 0.0272. The molecular weight excluding hydrogens is 276 g/mol. The number of nitrogens with zero attached hydrogens (tertiary/aromatic N) is 1. The number of H-pyrrole nitrogens is 1. The summed E-state index contributed by atoms with van der Waals surface area (Å²) in [6.45, 7) is 2.00. The summed E-state index contributed by atoms with van der Waals surface area (Å²) in [5.74, 6) is 0. The van der Waals surface area contributed by atoms with E-state index >= 15 is 0 Å². The zero-order valence-corrected chi connectivity index (χ0v) is 12.8. The van der Waals surface area contributed by atoms with Gasteiger partial charge in [-0.2, -0.15) is 0 Å². The van der Waals surface area contributed by atoms with Crippen molar-refractivity contribution in [1.82, 2.24) is 9.55 Å². The fourth-order valence-corrected chi connectivity index (χ4v) is 3.31. The fraction of sp³-hybridized carbons (Fsp3) is 0.733. The average Bonchev–Trinajstić information content (AvgIpc) is 2.36. The number of halogens is 1. The summed E-state index contributed by atoms with van der Waals surface area (Å²) >= 11 is 6.01. The van der Waals surface area contributed by atoms with Crippen LogP contribution >= 0.6 is 11.6 Å². The number of aromatic amines is 1. The standard InChI is InChI=1S/C15H23ClN2O2/c1-2-8-12-13(16)17-15(20)18(14(12)19)11-9-6-4-3-5-7-10-11/h11H,2-10H2,1H3,(H,17,20). The molecule has 1 aromatic rings. The molecule has 0 aromatic carbocycles. The first-order valence-electron chi connectivity index (χ1n) is 7.68. The molecule has 1 aliphatic rings. The fourth-order valence-electron chi connectivity index (χ4n) is 3.05. The Kier molecular flexibility index (Phi) is 5.46. The third-order valence-corrected chi connectivity index (χ3v) is 4.44. The van der Waals surface area contributed by atoms with Crippen LogP contribution in [0.2, 0.25) is 5.15 Å². The van der Waals surface area contributed by atoms with Crippen molar-refractivity contribution >= 4 is 11.6 Å².